The average molecular weight is 438 g/mol. The van der Waals surface area contributed by atoms with E-state index in [0.29, 0.717) is 24.1 Å². The molecule has 3 rings (SSSR count). The van der Waals surface area contributed by atoms with Crippen LogP contribution in [0, 0.1) is 0 Å². The van der Waals surface area contributed by atoms with Crippen LogP contribution in [0.5, 0.6) is 0 Å². The van der Waals surface area contributed by atoms with E-state index in [1.54, 1.807) is 0 Å². The molecule has 2 aromatic carbocycles. The summed E-state index contributed by atoms with van der Waals surface area (Å²) in [6.45, 7) is 11.8. The Hall–Kier alpha value is -2.80. The predicted octanol–water partition coefficient (Wildman–Crippen LogP) is 4.66. The minimum absolute atomic E-state index is 0.0419. The molecule has 7 heteroatoms. The Balaban J connectivity index is 1.91. The molecule has 0 saturated carbocycles. The molecule has 0 aliphatic carbocycles. The molecule has 6 nitrogen and oxygen atoms in total. The zero-order valence-electron chi connectivity index (χ0n) is 18.9. The van der Waals surface area contributed by atoms with E-state index in [9.17, 15) is 4.79 Å². The standard InChI is InChI=1S/C24H31N5OS/c1-6-28(7-2)22(30)20(17-11-9-8-10-12-17)31-23-27-26-21(29(23)25)18-13-15-19(16-14-18)24(3,4)5/h8-16,20H,6-7,25H2,1-5H3. The highest BCUT2D eigenvalue weighted by Crippen LogP contribution is 2.36. The Labute approximate surface area is 188 Å². The highest BCUT2D eigenvalue weighted by Gasteiger charge is 2.28. The van der Waals surface area contributed by atoms with Gasteiger partial charge in [0.05, 0.1) is 0 Å². The molecule has 1 heterocycles. The topological polar surface area (TPSA) is 77.0 Å². The number of hydrogen-bond donors (Lipinski definition) is 1. The molecule has 0 aliphatic heterocycles. The summed E-state index contributed by atoms with van der Waals surface area (Å²) in [7, 11) is 0. The van der Waals surface area contributed by atoms with Gasteiger partial charge in [0.2, 0.25) is 11.1 Å². The molecule has 164 valence electrons. The summed E-state index contributed by atoms with van der Waals surface area (Å²) < 4.78 is 1.47. The maximum absolute atomic E-state index is 13.2. The smallest absolute Gasteiger partial charge is 0.240 e. The quantitative estimate of drug-likeness (QED) is 0.430. The van der Waals surface area contributed by atoms with Crippen LogP contribution in [0.3, 0.4) is 0 Å². The number of carbonyl (C=O) groups is 1. The van der Waals surface area contributed by atoms with Gasteiger partial charge < -0.3 is 10.7 Å². The lowest BCUT2D eigenvalue weighted by Crippen LogP contribution is -2.34. The van der Waals surface area contributed by atoms with Crippen LogP contribution in [0.1, 0.15) is 51.0 Å². The number of amides is 1. The molecule has 3 aromatic rings. The lowest BCUT2D eigenvalue weighted by atomic mass is 9.87. The van der Waals surface area contributed by atoms with Gasteiger partial charge in [-0.15, -0.1) is 10.2 Å². The summed E-state index contributed by atoms with van der Waals surface area (Å²) in [5.41, 5.74) is 3.12. The summed E-state index contributed by atoms with van der Waals surface area (Å²) in [6.07, 6.45) is 0. The maximum Gasteiger partial charge on any atom is 0.240 e. The normalized spacial score (nSPS) is 12.5. The van der Waals surface area contributed by atoms with Crippen LogP contribution in [0.4, 0.5) is 0 Å². The summed E-state index contributed by atoms with van der Waals surface area (Å²) in [6, 6.07) is 17.9. The minimum Gasteiger partial charge on any atom is -0.342 e. The molecule has 0 saturated heterocycles. The Morgan fingerprint density at radius 2 is 1.65 bits per heavy atom. The SMILES string of the molecule is CCN(CC)C(=O)C(Sc1nnc(-c2ccc(C(C)(C)C)cc2)n1N)c1ccccc1. The van der Waals surface area contributed by atoms with E-state index >= 15 is 0 Å². The van der Waals surface area contributed by atoms with Gasteiger partial charge in [-0.25, -0.2) is 4.68 Å². The van der Waals surface area contributed by atoms with Crippen LogP contribution in [0.2, 0.25) is 0 Å². The first-order valence-electron chi connectivity index (χ1n) is 10.6. The summed E-state index contributed by atoms with van der Waals surface area (Å²) in [5.74, 6) is 6.99. The van der Waals surface area contributed by atoms with Crippen molar-refractivity contribution < 1.29 is 4.79 Å². The first-order valence-corrected chi connectivity index (χ1v) is 11.5. The average Bonchev–Trinajstić information content (AvgIpc) is 3.13. The third-order valence-electron chi connectivity index (χ3n) is 5.30. The van der Waals surface area contributed by atoms with E-state index in [-0.39, 0.29) is 11.3 Å². The number of thioether (sulfide) groups is 1. The van der Waals surface area contributed by atoms with Crippen molar-refractivity contribution in [1.29, 1.82) is 0 Å². The Kier molecular flexibility index (Phi) is 7.05. The largest absolute Gasteiger partial charge is 0.342 e. The van der Waals surface area contributed by atoms with E-state index < -0.39 is 5.25 Å². The minimum atomic E-state index is -0.441. The molecule has 0 fully saturated rings. The van der Waals surface area contributed by atoms with Crippen molar-refractivity contribution >= 4 is 17.7 Å². The van der Waals surface area contributed by atoms with E-state index in [4.69, 9.17) is 5.84 Å². The van der Waals surface area contributed by atoms with E-state index in [1.165, 1.54) is 22.0 Å². The molecule has 1 aromatic heterocycles. The summed E-state index contributed by atoms with van der Waals surface area (Å²) in [5, 5.41) is 8.68. The Morgan fingerprint density at radius 1 is 1.03 bits per heavy atom. The van der Waals surface area contributed by atoms with Crippen LogP contribution < -0.4 is 5.84 Å². The van der Waals surface area contributed by atoms with Gasteiger partial charge >= 0.3 is 0 Å². The van der Waals surface area contributed by atoms with Crippen molar-refractivity contribution in [3.8, 4) is 11.4 Å². The zero-order valence-corrected chi connectivity index (χ0v) is 19.7. The number of nitrogens with two attached hydrogens (primary N) is 1. The first-order chi connectivity index (χ1) is 14.8. The maximum atomic E-state index is 13.2. The molecule has 0 spiro atoms. The Bertz CT molecular complexity index is 1000. The van der Waals surface area contributed by atoms with Crippen molar-refractivity contribution in [2.75, 3.05) is 18.9 Å². The van der Waals surface area contributed by atoms with Crippen molar-refractivity contribution in [1.82, 2.24) is 19.8 Å². The van der Waals surface area contributed by atoms with Gasteiger partial charge in [0.1, 0.15) is 5.25 Å². The fraction of sp³-hybridized carbons (Fsp3) is 0.375. The van der Waals surface area contributed by atoms with Gasteiger partial charge in [-0.1, -0.05) is 87.1 Å². The second kappa shape index (κ2) is 9.56. The molecule has 1 atom stereocenters. The van der Waals surface area contributed by atoms with Crippen LogP contribution in [-0.4, -0.2) is 38.8 Å². The number of aromatic nitrogens is 3. The Morgan fingerprint density at radius 3 is 2.19 bits per heavy atom. The van der Waals surface area contributed by atoms with Crippen molar-refractivity contribution in [2.24, 2.45) is 0 Å². The first kappa shape index (κ1) is 22.9. The van der Waals surface area contributed by atoms with Crippen molar-refractivity contribution in [3.63, 3.8) is 0 Å². The van der Waals surface area contributed by atoms with Crippen LogP contribution in [0.25, 0.3) is 11.4 Å². The number of nitrogen functional groups attached to an aromatic ring is 1. The van der Waals surface area contributed by atoms with Gasteiger partial charge in [-0.3, -0.25) is 4.79 Å². The molecule has 31 heavy (non-hydrogen) atoms. The second-order valence-electron chi connectivity index (χ2n) is 8.42. The number of nitrogens with zero attached hydrogens (tertiary/aromatic N) is 4. The van der Waals surface area contributed by atoms with Gasteiger partial charge in [0.25, 0.3) is 0 Å². The molecule has 1 amide bonds. The van der Waals surface area contributed by atoms with Crippen LogP contribution in [0.15, 0.2) is 59.8 Å². The summed E-state index contributed by atoms with van der Waals surface area (Å²) in [4.78, 5) is 15.1. The number of rotatable bonds is 7. The second-order valence-corrected chi connectivity index (χ2v) is 9.49. The number of benzene rings is 2. The fourth-order valence-corrected chi connectivity index (χ4v) is 4.41. The van der Waals surface area contributed by atoms with Gasteiger partial charge in [-0.2, -0.15) is 0 Å². The molecular weight excluding hydrogens is 406 g/mol. The number of carbonyl (C=O) groups excluding carboxylic acids is 1. The fourth-order valence-electron chi connectivity index (χ4n) is 3.37. The van der Waals surface area contributed by atoms with Gasteiger partial charge in [0.15, 0.2) is 5.82 Å². The number of hydrogen-bond acceptors (Lipinski definition) is 5. The van der Waals surface area contributed by atoms with E-state index in [1.807, 2.05) is 61.2 Å². The third kappa shape index (κ3) is 5.10. The van der Waals surface area contributed by atoms with E-state index in [0.717, 1.165) is 11.1 Å². The lowest BCUT2D eigenvalue weighted by molar-refractivity contribution is -0.130. The molecule has 1 unspecified atom stereocenters. The third-order valence-corrected chi connectivity index (χ3v) is 6.50. The molecular formula is C24H31N5OS. The van der Waals surface area contributed by atoms with Crippen molar-refractivity contribution in [3.05, 3.63) is 65.7 Å². The zero-order chi connectivity index (χ0) is 22.6. The lowest BCUT2D eigenvalue weighted by Gasteiger charge is -2.24. The van der Waals surface area contributed by atoms with E-state index in [2.05, 4.69) is 43.1 Å². The predicted molar refractivity (Wildman–Crippen MR) is 127 cm³/mol. The number of likely N-dealkylation sites (N-methyl/N-ethyl adjacent to an activating group) is 1. The van der Waals surface area contributed by atoms with Gasteiger partial charge in [0, 0.05) is 18.7 Å². The highest BCUT2D eigenvalue weighted by molar-refractivity contribution is 8.00. The molecule has 0 aliphatic rings. The molecule has 2 N–H and O–H groups in total. The van der Waals surface area contributed by atoms with Crippen molar-refractivity contribution in [2.45, 2.75) is 50.4 Å². The highest BCUT2D eigenvalue weighted by atomic mass is 32.2. The molecule has 0 radical (unpaired) electrons. The van der Waals surface area contributed by atoms with Crippen LogP contribution >= 0.6 is 11.8 Å². The van der Waals surface area contributed by atoms with Gasteiger partial charge in [-0.05, 0) is 30.4 Å². The van der Waals surface area contributed by atoms with Crippen LogP contribution in [-0.2, 0) is 10.2 Å². The monoisotopic (exact) mass is 437 g/mol. The summed E-state index contributed by atoms with van der Waals surface area (Å²) >= 11 is 1.33. The molecule has 0 bridgehead atoms.